The van der Waals surface area contributed by atoms with Crippen molar-refractivity contribution in [1.82, 2.24) is 9.97 Å². The number of nitrogens with one attached hydrogen (secondary N) is 1. The van der Waals surface area contributed by atoms with Gasteiger partial charge in [-0.15, -0.1) is 0 Å². The number of aromatic nitrogens is 2. The van der Waals surface area contributed by atoms with Gasteiger partial charge in [-0.2, -0.15) is 0 Å². The van der Waals surface area contributed by atoms with E-state index in [0.29, 0.717) is 5.92 Å². The molecule has 1 atom stereocenters. The summed E-state index contributed by atoms with van der Waals surface area (Å²) in [4.78, 5) is 8.58. The van der Waals surface area contributed by atoms with Gasteiger partial charge in [0.25, 0.3) is 0 Å². The second-order valence-electron chi connectivity index (χ2n) is 5.02. The monoisotopic (exact) mass is 255 g/mol. The molecule has 0 aliphatic heterocycles. The summed E-state index contributed by atoms with van der Waals surface area (Å²) >= 11 is 0. The number of anilines is 1. The maximum atomic E-state index is 4.47. The lowest BCUT2D eigenvalue weighted by atomic mass is 10.0. The van der Waals surface area contributed by atoms with E-state index in [-0.39, 0.29) is 0 Å². The molecular formula is C16H21N3. The summed E-state index contributed by atoms with van der Waals surface area (Å²) in [6.45, 7) is 7.48. The van der Waals surface area contributed by atoms with Crippen LogP contribution in [0.25, 0.3) is 11.1 Å². The topological polar surface area (TPSA) is 37.8 Å². The fraction of sp³-hybridized carbons (Fsp3) is 0.375. The molecule has 0 saturated carbocycles. The predicted octanol–water partition coefficient (Wildman–Crippen LogP) is 3.91. The summed E-state index contributed by atoms with van der Waals surface area (Å²) in [5.74, 6) is 1.61. The number of nitrogens with zero attached hydrogens (tertiary/aromatic N) is 2. The Labute approximate surface area is 115 Å². The molecule has 0 amide bonds. The smallest absolute Gasteiger partial charge is 0.125 e. The SMILES string of the molecule is CCC(C)CNc1ccc(-c2ccncc2C)cn1. The molecule has 3 nitrogen and oxygen atoms in total. The molecule has 1 unspecified atom stereocenters. The van der Waals surface area contributed by atoms with Crippen molar-refractivity contribution >= 4 is 5.82 Å². The van der Waals surface area contributed by atoms with E-state index in [1.54, 1.807) is 0 Å². The van der Waals surface area contributed by atoms with Crippen LogP contribution in [0.15, 0.2) is 36.8 Å². The van der Waals surface area contributed by atoms with Gasteiger partial charge in [-0.25, -0.2) is 4.98 Å². The Balaban J connectivity index is 2.09. The molecule has 19 heavy (non-hydrogen) atoms. The minimum absolute atomic E-state index is 0.670. The Morgan fingerprint density at radius 1 is 1.21 bits per heavy atom. The minimum atomic E-state index is 0.670. The minimum Gasteiger partial charge on any atom is -0.370 e. The molecule has 3 heteroatoms. The summed E-state index contributed by atoms with van der Waals surface area (Å²) in [7, 11) is 0. The lowest BCUT2D eigenvalue weighted by Crippen LogP contribution is -2.11. The highest BCUT2D eigenvalue weighted by atomic mass is 15.0. The van der Waals surface area contributed by atoms with Crippen LogP contribution < -0.4 is 5.32 Å². The van der Waals surface area contributed by atoms with E-state index in [9.17, 15) is 0 Å². The Hall–Kier alpha value is -1.90. The fourth-order valence-electron chi connectivity index (χ4n) is 1.88. The van der Waals surface area contributed by atoms with Gasteiger partial charge in [-0.3, -0.25) is 4.98 Å². The Kier molecular flexibility index (Phi) is 4.50. The van der Waals surface area contributed by atoms with Crippen LogP contribution in [-0.4, -0.2) is 16.5 Å². The van der Waals surface area contributed by atoms with Crippen LogP contribution in [0, 0.1) is 12.8 Å². The first-order valence-electron chi connectivity index (χ1n) is 6.81. The van der Waals surface area contributed by atoms with Crippen molar-refractivity contribution in [3.8, 4) is 11.1 Å². The molecule has 0 aliphatic rings. The first kappa shape index (κ1) is 13.5. The lowest BCUT2D eigenvalue weighted by Gasteiger charge is -2.11. The van der Waals surface area contributed by atoms with Crippen molar-refractivity contribution in [3.05, 3.63) is 42.4 Å². The van der Waals surface area contributed by atoms with Gasteiger partial charge in [0.15, 0.2) is 0 Å². The van der Waals surface area contributed by atoms with Gasteiger partial charge < -0.3 is 5.32 Å². The third-order valence-corrected chi connectivity index (χ3v) is 3.42. The van der Waals surface area contributed by atoms with Gasteiger partial charge in [-0.05, 0) is 42.2 Å². The van der Waals surface area contributed by atoms with Gasteiger partial charge >= 0.3 is 0 Å². The van der Waals surface area contributed by atoms with E-state index in [1.807, 2.05) is 30.7 Å². The quantitative estimate of drug-likeness (QED) is 0.880. The molecule has 0 saturated heterocycles. The first-order valence-corrected chi connectivity index (χ1v) is 6.81. The summed E-state index contributed by atoms with van der Waals surface area (Å²) in [5, 5.41) is 3.37. The van der Waals surface area contributed by atoms with Gasteiger partial charge in [0.05, 0.1) is 0 Å². The summed E-state index contributed by atoms with van der Waals surface area (Å²) in [5.41, 5.74) is 3.49. The lowest BCUT2D eigenvalue weighted by molar-refractivity contribution is 0.592. The Morgan fingerprint density at radius 2 is 2.05 bits per heavy atom. The van der Waals surface area contributed by atoms with E-state index < -0.39 is 0 Å². The molecule has 0 aliphatic carbocycles. The molecule has 100 valence electrons. The van der Waals surface area contributed by atoms with E-state index in [2.05, 4.69) is 42.1 Å². The van der Waals surface area contributed by atoms with Crippen LogP contribution in [0.1, 0.15) is 25.8 Å². The molecule has 1 N–H and O–H groups in total. The molecule has 2 rings (SSSR count). The number of hydrogen-bond donors (Lipinski definition) is 1. The summed E-state index contributed by atoms with van der Waals surface area (Å²) in [6, 6.07) is 6.17. The number of pyridine rings is 2. The molecule has 0 radical (unpaired) electrons. The molecular weight excluding hydrogens is 234 g/mol. The van der Waals surface area contributed by atoms with Crippen molar-refractivity contribution in [2.45, 2.75) is 27.2 Å². The first-order chi connectivity index (χ1) is 9.20. The van der Waals surface area contributed by atoms with Crippen LogP contribution in [-0.2, 0) is 0 Å². The van der Waals surface area contributed by atoms with Gasteiger partial charge in [0, 0.05) is 30.7 Å². The fourth-order valence-corrected chi connectivity index (χ4v) is 1.88. The van der Waals surface area contributed by atoms with E-state index >= 15 is 0 Å². The molecule has 2 heterocycles. The highest BCUT2D eigenvalue weighted by molar-refractivity contribution is 5.66. The standard InChI is InChI=1S/C16H21N3/c1-4-12(2)9-18-16-6-5-14(11-19-16)15-7-8-17-10-13(15)3/h5-8,10-12H,4,9H2,1-3H3,(H,18,19). The highest BCUT2D eigenvalue weighted by Gasteiger charge is 2.03. The van der Waals surface area contributed by atoms with Crippen molar-refractivity contribution in [2.24, 2.45) is 5.92 Å². The molecule has 2 aromatic rings. The zero-order valence-corrected chi connectivity index (χ0v) is 11.9. The van der Waals surface area contributed by atoms with Crippen LogP contribution in [0.2, 0.25) is 0 Å². The predicted molar refractivity (Wildman–Crippen MR) is 80.1 cm³/mol. The third-order valence-electron chi connectivity index (χ3n) is 3.42. The third kappa shape index (κ3) is 3.53. The number of hydrogen-bond acceptors (Lipinski definition) is 3. The Bertz CT molecular complexity index is 520. The number of aryl methyl sites for hydroxylation is 1. The van der Waals surface area contributed by atoms with Crippen LogP contribution in [0.5, 0.6) is 0 Å². The van der Waals surface area contributed by atoms with Crippen molar-refractivity contribution in [2.75, 3.05) is 11.9 Å². The van der Waals surface area contributed by atoms with Gasteiger partial charge in [0.1, 0.15) is 5.82 Å². The maximum absolute atomic E-state index is 4.47. The molecule has 0 fully saturated rings. The average molecular weight is 255 g/mol. The van der Waals surface area contributed by atoms with Crippen molar-refractivity contribution in [3.63, 3.8) is 0 Å². The van der Waals surface area contributed by atoms with E-state index in [1.165, 1.54) is 17.5 Å². The van der Waals surface area contributed by atoms with Crippen LogP contribution in [0.4, 0.5) is 5.82 Å². The molecule has 0 spiro atoms. The zero-order valence-electron chi connectivity index (χ0n) is 11.9. The van der Waals surface area contributed by atoms with E-state index in [4.69, 9.17) is 0 Å². The second-order valence-corrected chi connectivity index (χ2v) is 5.02. The molecule has 0 aromatic carbocycles. The normalized spacial score (nSPS) is 12.2. The van der Waals surface area contributed by atoms with Crippen molar-refractivity contribution in [1.29, 1.82) is 0 Å². The zero-order chi connectivity index (χ0) is 13.7. The van der Waals surface area contributed by atoms with Crippen LogP contribution in [0.3, 0.4) is 0 Å². The van der Waals surface area contributed by atoms with Crippen molar-refractivity contribution < 1.29 is 0 Å². The maximum Gasteiger partial charge on any atom is 0.125 e. The highest BCUT2D eigenvalue weighted by Crippen LogP contribution is 2.22. The molecule has 0 bridgehead atoms. The second kappa shape index (κ2) is 6.32. The number of rotatable bonds is 5. The Morgan fingerprint density at radius 3 is 2.68 bits per heavy atom. The summed E-state index contributed by atoms with van der Waals surface area (Å²) < 4.78 is 0. The largest absolute Gasteiger partial charge is 0.370 e. The van der Waals surface area contributed by atoms with Gasteiger partial charge in [0.2, 0.25) is 0 Å². The van der Waals surface area contributed by atoms with Gasteiger partial charge in [-0.1, -0.05) is 20.3 Å². The molecule has 2 aromatic heterocycles. The summed E-state index contributed by atoms with van der Waals surface area (Å²) in [6.07, 6.45) is 6.80. The van der Waals surface area contributed by atoms with E-state index in [0.717, 1.165) is 17.9 Å². The van der Waals surface area contributed by atoms with Crippen LogP contribution >= 0.6 is 0 Å². The average Bonchev–Trinajstić information content (AvgIpc) is 2.46.